The zero-order chi connectivity index (χ0) is 23.9. The molecule has 8 nitrogen and oxygen atoms in total. The summed E-state index contributed by atoms with van der Waals surface area (Å²) in [5, 5.41) is 30.2. The molecule has 2 aromatic rings. The number of nitrogens with one attached hydrogen (secondary N) is 1. The first-order chi connectivity index (χ1) is 15.2. The Labute approximate surface area is 186 Å². The summed E-state index contributed by atoms with van der Waals surface area (Å²) in [6.45, 7) is 0.0463. The monoisotopic (exact) mass is 438 g/mol. The largest absolute Gasteiger partial charge is 0.393 e. The standard InChI is InChI=1S/C24H26N2O6/c1-24(21(30)15-28,23(32)25-2)26(3)22(31)19-12-8-17(9-13-19)5-4-16-6-10-18(11-7-16)20(29)14-27/h6-13,20,27-29H,14-15H2,1-3H3,(H,25,32)/t20?,24-/m1/s1. The van der Waals surface area contributed by atoms with Crippen molar-refractivity contribution in [3.63, 3.8) is 0 Å². The highest BCUT2D eigenvalue weighted by molar-refractivity contribution is 6.14. The van der Waals surface area contributed by atoms with Gasteiger partial charge in [0.15, 0.2) is 11.3 Å². The number of benzene rings is 2. The maximum atomic E-state index is 12.9. The SMILES string of the molecule is CNC(=O)[C@@](C)(C(=O)CO)N(C)C(=O)c1ccc(C#Cc2ccc(C(O)CO)cc2)cc1. The number of Topliss-reactive ketones (excluding diaryl/α,β-unsaturated/α-hetero) is 1. The quantitative estimate of drug-likeness (QED) is 0.363. The van der Waals surface area contributed by atoms with Crippen molar-refractivity contribution in [2.75, 3.05) is 27.3 Å². The molecule has 2 rings (SSSR count). The third-order valence-corrected chi connectivity index (χ3v) is 5.28. The molecular weight excluding hydrogens is 412 g/mol. The molecule has 0 radical (unpaired) electrons. The van der Waals surface area contributed by atoms with Crippen molar-refractivity contribution in [3.8, 4) is 11.8 Å². The Morgan fingerprint density at radius 1 is 1.00 bits per heavy atom. The molecule has 0 saturated carbocycles. The molecule has 2 amide bonds. The molecule has 0 aliphatic heterocycles. The molecular formula is C24H26N2O6. The summed E-state index contributed by atoms with van der Waals surface area (Å²) in [7, 11) is 2.68. The molecule has 0 heterocycles. The van der Waals surface area contributed by atoms with Gasteiger partial charge < -0.3 is 25.5 Å². The van der Waals surface area contributed by atoms with E-state index in [0.717, 1.165) is 4.90 Å². The normalized spacial score (nSPS) is 13.2. The van der Waals surface area contributed by atoms with E-state index in [1.807, 2.05) is 0 Å². The minimum absolute atomic E-state index is 0.251. The van der Waals surface area contributed by atoms with Crippen LogP contribution >= 0.6 is 0 Å². The topological polar surface area (TPSA) is 127 Å². The van der Waals surface area contributed by atoms with Crippen LogP contribution in [0.5, 0.6) is 0 Å². The molecule has 1 unspecified atom stereocenters. The second-order valence-corrected chi connectivity index (χ2v) is 7.24. The van der Waals surface area contributed by atoms with Crippen LogP contribution in [0.2, 0.25) is 0 Å². The molecule has 0 aromatic heterocycles. The fourth-order valence-corrected chi connectivity index (χ4v) is 2.99. The van der Waals surface area contributed by atoms with Crippen molar-refractivity contribution < 1.29 is 29.7 Å². The zero-order valence-electron chi connectivity index (χ0n) is 18.1. The number of carbonyl (C=O) groups is 3. The summed E-state index contributed by atoms with van der Waals surface area (Å²) < 4.78 is 0. The van der Waals surface area contributed by atoms with Crippen LogP contribution in [-0.2, 0) is 9.59 Å². The average Bonchev–Trinajstić information content (AvgIpc) is 2.85. The van der Waals surface area contributed by atoms with E-state index in [1.54, 1.807) is 36.4 Å². The average molecular weight is 438 g/mol. The number of aliphatic hydroxyl groups is 3. The predicted molar refractivity (Wildman–Crippen MR) is 118 cm³/mol. The third-order valence-electron chi connectivity index (χ3n) is 5.28. The molecule has 2 atom stereocenters. The highest BCUT2D eigenvalue weighted by atomic mass is 16.3. The van der Waals surface area contributed by atoms with Crippen LogP contribution in [0.3, 0.4) is 0 Å². The lowest BCUT2D eigenvalue weighted by atomic mass is 9.92. The fourth-order valence-electron chi connectivity index (χ4n) is 2.99. The van der Waals surface area contributed by atoms with Crippen molar-refractivity contribution >= 4 is 17.6 Å². The number of nitrogens with zero attached hydrogens (tertiary/aromatic N) is 1. The number of aliphatic hydroxyl groups excluding tert-OH is 3. The molecule has 0 aliphatic carbocycles. The number of ketones is 1. The lowest BCUT2D eigenvalue weighted by Crippen LogP contribution is -2.62. The highest BCUT2D eigenvalue weighted by Crippen LogP contribution is 2.19. The molecule has 0 fully saturated rings. The molecule has 0 bridgehead atoms. The van der Waals surface area contributed by atoms with E-state index in [1.165, 1.54) is 33.2 Å². The van der Waals surface area contributed by atoms with E-state index in [-0.39, 0.29) is 12.2 Å². The summed E-state index contributed by atoms with van der Waals surface area (Å²) in [6.07, 6.45) is -0.932. The Morgan fingerprint density at radius 2 is 1.50 bits per heavy atom. The lowest BCUT2D eigenvalue weighted by molar-refractivity contribution is -0.143. The van der Waals surface area contributed by atoms with Crippen molar-refractivity contribution in [2.24, 2.45) is 0 Å². The number of hydrogen-bond acceptors (Lipinski definition) is 6. The Bertz CT molecular complexity index is 1020. The van der Waals surface area contributed by atoms with Gasteiger partial charge in [-0.15, -0.1) is 0 Å². The first-order valence-electron chi connectivity index (χ1n) is 9.84. The van der Waals surface area contributed by atoms with Crippen LogP contribution in [0.1, 0.15) is 40.1 Å². The molecule has 4 N–H and O–H groups in total. The van der Waals surface area contributed by atoms with Gasteiger partial charge in [0, 0.05) is 30.8 Å². The molecule has 0 spiro atoms. The van der Waals surface area contributed by atoms with E-state index in [9.17, 15) is 24.6 Å². The van der Waals surface area contributed by atoms with E-state index in [2.05, 4.69) is 17.2 Å². The van der Waals surface area contributed by atoms with Crippen molar-refractivity contribution in [1.82, 2.24) is 10.2 Å². The van der Waals surface area contributed by atoms with Gasteiger partial charge in [0.2, 0.25) is 0 Å². The van der Waals surface area contributed by atoms with Crippen LogP contribution < -0.4 is 5.32 Å². The smallest absolute Gasteiger partial charge is 0.254 e. The van der Waals surface area contributed by atoms with E-state index >= 15 is 0 Å². The van der Waals surface area contributed by atoms with Gasteiger partial charge in [-0.2, -0.15) is 0 Å². The third kappa shape index (κ3) is 5.21. The van der Waals surface area contributed by atoms with Gasteiger partial charge >= 0.3 is 0 Å². The predicted octanol–water partition coefficient (Wildman–Crippen LogP) is 0.250. The van der Waals surface area contributed by atoms with Crippen molar-refractivity contribution in [2.45, 2.75) is 18.6 Å². The van der Waals surface area contributed by atoms with E-state index in [4.69, 9.17) is 5.11 Å². The molecule has 2 aromatic carbocycles. The van der Waals surface area contributed by atoms with Crippen LogP contribution in [0.4, 0.5) is 0 Å². The van der Waals surface area contributed by atoms with Crippen molar-refractivity contribution in [1.29, 1.82) is 0 Å². The Kier molecular flexibility index (Phi) is 8.27. The van der Waals surface area contributed by atoms with E-state index < -0.39 is 35.8 Å². The Hall–Kier alpha value is -3.51. The van der Waals surface area contributed by atoms with Gasteiger partial charge in [-0.25, -0.2) is 0 Å². The summed E-state index contributed by atoms with van der Waals surface area (Å²) in [4.78, 5) is 38.4. The second-order valence-electron chi connectivity index (χ2n) is 7.24. The lowest BCUT2D eigenvalue weighted by Gasteiger charge is -2.35. The Morgan fingerprint density at radius 3 is 1.94 bits per heavy atom. The number of likely N-dealkylation sites (N-methyl/N-ethyl adjacent to an activating group) is 2. The van der Waals surface area contributed by atoms with Gasteiger partial charge in [0.1, 0.15) is 12.7 Å². The van der Waals surface area contributed by atoms with Crippen LogP contribution in [0, 0.1) is 11.8 Å². The minimum Gasteiger partial charge on any atom is -0.393 e. The minimum atomic E-state index is -1.85. The number of amides is 2. The molecule has 8 heteroatoms. The summed E-state index contributed by atoms with van der Waals surface area (Å²) in [6, 6.07) is 13.2. The van der Waals surface area contributed by atoms with Crippen LogP contribution in [0.15, 0.2) is 48.5 Å². The Balaban J connectivity index is 2.20. The first-order valence-corrected chi connectivity index (χ1v) is 9.84. The van der Waals surface area contributed by atoms with Crippen LogP contribution in [-0.4, -0.2) is 70.7 Å². The molecule has 0 aliphatic rings. The van der Waals surface area contributed by atoms with E-state index in [0.29, 0.717) is 16.7 Å². The van der Waals surface area contributed by atoms with Gasteiger partial charge in [0.05, 0.1) is 6.61 Å². The van der Waals surface area contributed by atoms with Gasteiger partial charge in [-0.05, 0) is 48.9 Å². The van der Waals surface area contributed by atoms with Crippen LogP contribution in [0.25, 0.3) is 0 Å². The molecule has 168 valence electrons. The first kappa shape index (κ1) is 24.8. The summed E-state index contributed by atoms with van der Waals surface area (Å²) in [5.74, 6) is 3.88. The number of rotatable bonds is 7. The zero-order valence-corrected chi connectivity index (χ0v) is 18.1. The van der Waals surface area contributed by atoms with Gasteiger partial charge in [-0.1, -0.05) is 24.0 Å². The maximum Gasteiger partial charge on any atom is 0.254 e. The summed E-state index contributed by atoms with van der Waals surface area (Å²) in [5.41, 5.74) is 0.344. The molecule has 32 heavy (non-hydrogen) atoms. The number of carbonyl (C=O) groups excluding carboxylic acids is 3. The molecule has 0 saturated heterocycles. The maximum absolute atomic E-state index is 12.9. The van der Waals surface area contributed by atoms with Crippen molar-refractivity contribution in [3.05, 3.63) is 70.8 Å². The van der Waals surface area contributed by atoms with Gasteiger partial charge in [-0.3, -0.25) is 14.4 Å². The van der Waals surface area contributed by atoms with Gasteiger partial charge in [0.25, 0.3) is 11.8 Å². The fraction of sp³-hybridized carbons (Fsp3) is 0.292. The summed E-state index contributed by atoms with van der Waals surface area (Å²) >= 11 is 0. The highest BCUT2D eigenvalue weighted by Gasteiger charge is 2.46. The second kappa shape index (κ2) is 10.7. The number of hydrogen-bond donors (Lipinski definition) is 4.